The second-order valence-electron chi connectivity index (χ2n) is 7.04. The molecule has 1 fully saturated rings. The number of hydrogen-bond acceptors (Lipinski definition) is 5. The van der Waals surface area contributed by atoms with Gasteiger partial charge in [-0.2, -0.15) is 0 Å². The summed E-state index contributed by atoms with van der Waals surface area (Å²) in [5.41, 5.74) is 0.942. The van der Waals surface area contributed by atoms with Gasteiger partial charge in [0.1, 0.15) is 30.3 Å². The maximum Gasteiger partial charge on any atom is 0.415 e. The number of rotatable bonds is 6. The number of carbonyl (C=O) groups excluding carboxylic acids is 1. The number of aliphatic hydroxyl groups is 1. The maximum absolute atomic E-state index is 13.8. The van der Waals surface area contributed by atoms with Gasteiger partial charge in [0, 0.05) is 5.69 Å². The minimum Gasteiger partial charge on any atom is -0.508 e. The summed E-state index contributed by atoms with van der Waals surface area (Å²) in [6.07, 6.45) is -3.10. The lowest BCUT2D eigenvalue weighted by molar-refractivity contribution is -0.00713. The topological polar surface area (TPSA) is 79.2 Å². The fourth-order valence-electron chi connectivity index (χ4n) is 3.50. The number of carbonyl (C=O) groups is 1. The molecule has 0 radical (unpaired) electrons. The maximum atomic E-state index is 13.8. The number of halogens is 2. The smallest absolute Gasteiger partial charge is 0.415 e. The minimum atomic E-state index is -1.30. The van der Waals surface area contributed by atoms with Crippen LogP contribution in [-0.2, 0) is 4.74 Å². The molecular formula is C23H19F2NO5. The molecule has 0 aliphatic carbocycles. The van der Waals surface area contributed by atoms with Crippen molar-refractivity contribution in [2.75, 3.05) is 11.5 Å². The normalized spacial score (nSPS) is 19.2. The van der Waals surface area contributed by atoms with E-state index < -0.39 is 36.0 Å². The van der Waals surface area contributed by atoms with Crippen molar-refractivity contribution in [1.29, 1.82) is 0 Å². The van der Waals surface area contributed by atoms with Gasteiger partial charge >= 0.3 is 6.09 Å². The van der Waals surface area contributed by atoms with Crippen molar-refractivity contribution in [3.05, 3.63) is 90.0 Å². The molecule has 1 heterocycles. The van der Waals surface area contributed by atoms with E-state index in [-0.39, 0.29) is 18.1 Å². The summed E-state index contributed by atoms with van der Waals surface area (Å²) in [6.45, 7) is -0.329. The molecule has 8 heteroatoms. The Labute approximate surface area is 176 Å². The zero-order valence-electron chi connectivity index (χ0n) is 16.2. The fourth-order valence-corrected chi connectivity index (χ4v) is 3.50. The highest BCUT2D eigenvalue weighted by molar-refractivity contribution is 5.91. The van der Waals surface area contributed by atoms with Gasteiger partial charge in [0.25, 0.3) is 0 Å². The monoisotopic (exact) mass is 427 g/mol. The van der Waals surface area contributed by atoms with Crippen LogP contribution in [-0.4, -0.2) is 35.1 Å². The van der Waals surface area contributed by atoms with Crippen molar-refractivity contribution in [3.63, 3.8) is 0 Å². The highest BCUT2D eigenvalue weighted by Gasteiger charge is 2.47. The molecular weight excluding hydrogens is 408 g/mol. The zero-order valence-corrected chi connectivity index (χ0v) is 16.2. The number of aliphatic hydroxyl groups excluding tert-OH is 1. The minimum absolute atomic E-state index is 0.0299. The van der Waals surface area contributed by atoms with Crippen molar-refractivity contribution >= 4 is 11.8 Å². The summed E-state index contributed by atoms with van der Waals surface area (Å²) in [4.78, 5) is 14.0. The molecule has 6 nitrogen and oxygen atoms in total. The lowest BCUT2D eigenvalue weighted by Gasteiger charge is -2.27. The Balaban J connectivity index is 1.63. The SMILES string of the molecule is O=C1OC(C(O)COc2ccccc2F)C(c2ccc(O)cc2)N1c1ccc(F)cc1. The van der Waals surface area contributed by atoms with Gasteiger partial charge < -0.3 is 19.7 Å². The Kier molecular flexibility index (Phi) is 5.73. The largest absolute Gasteiger partial charge is 0.508 e. The van der Waals surface area contributed by atoms with Crippen LogP contribution in [0, 0.1) is 11.6 Å². The van der Waals surface area contributed by atoms with Gasteiger partial charge in [-0.05, 0) is 54.1 Å². The molecule has 1 aliphatic rings. The van der Waals surface area contributed by atoms with E-state index in [4.69, 9.17) is 9.47 Å². The first-order valence-electron chi connectivity index (χ1n) is 9.54. The van der Waals surface area contributed by atoms with Crippen LogP contribution in [0.2, 0.25) is 0 Å². The first-order valence-corrected chi connectivity index (χ1v) is 9.54. The van der Waals surface area contributed by atoms with E-state index in [0.717, 1.165) is 0 Å². The van der Waals surface area contributed by atoms with Gasteiger partial charge in [0.05, 0.1) is 0 Å². The quantitative estimate of drug-likeness (QED) is 0.617. The number of anilines is 1. The van der Waals surface area contributed by atoms with Gasteiger partial charge in [-0.3, -0.25) is 4.90 Å². The highest BCUT2D eigenvalue weighted by atomic mass is 19.1. The van der Waals surface area contributed by atoms with Crippen molar-refractivity contribution in [2.45, 2.75) is 18.2 Å². The molecule has 31 heavy (non-hydrogen) atoms. The third-order valence-electron chi connectivity index (χ3n) is 4.99. The number of hydrogen-bond donors (Lipinski definition) is 2. The molecule has 0 spiro atoms. The Bertz CT molecular complexity index is 1060. The summed E-state index contributed by atoms with van der Waals surface area (Å²) in [5, 5.41) is 20.4. The zero-order chi connectivity index (χ0) is 22.0. The van der Waals surface area contributed by atoms with Crippen LogP contribution in [0.1, 0.15) is 11.6 Å². The average molecular weight is 427 g/mol. The van der Waals surface area contributed by atoms with Gasteiger partial charge in [-0.25, -0.2) is 13.6 Å². The Morgan fingerprint density at radius 2 is 1.68 bits per heavy atom. The molecule has 0 aromatic heterocycles. The number of cyclic esters (lactones) is 1. The summed E-state index contributed by atoms with van der Waals surface area (Å²) >= 11 is 0. The predicted molar refractivity (Wildman–Crippen MR) is 108 cm³/mol. The van der Waals surface area contributed by atoms with Crippen LogP contribution < -0.4 is 9.64 Å². The summed E-state index contributed by atoms with van der Waals surface area (Å²) < 4.78 is 38.0. The first-order chi connectivity index (χ1) is 14.9. The average Bonchev–Trinajstić information content (AvgIpc) is 3.11. The summed E-state index contributed by atoms with van der Waals surface area (Å²) in [6, 6.07) is 16.3. The molecule has 3 atom stereocenters. The van der Waals surface area contributed by atoms with Crippen LogP contribution in [0.15, 0.2) is 72.8 Å². The van der Waals surface area contributed by atoms with E-state index >= 15 is 0 Å². The summed E-state index contributed by atoms with van der Waals surface area (Å²) in [5.74, 6) is -1.06. The number of ether oxygens (including phenoxy) is 2. The standard InChI is InChI=1S/C23H19F2NO5/c24-15-7-9-16(10-8-15)26-21(14-5-11-17(27)12-6-14)22(31-23(26)29)19(28)13-30-20-4-2-1-3-18(20)25/h1-12,19,21-22,27-28H,13H2. The summed E-state index contributed by atoms with van der Waals surface area (Å²) in [7, 11) is 0. The first kappa shape index (κ1) is 20.6. The van der Waals surface area contributed by atoms with Crippen molar-refractivity contribution in [3.8, 4) is 11.5 Å². The predicted octanol–water partition coefficient (Wildman–Crippen LogP) is 4.18. The molecule has 3 aromatic carbocycles. The Hall–Kier alpha value is -3.65. The second-order valence-corrected chi connectivity index (χ2v) is 7.04. The molecule has 1 saturated heterocycles. The van der Waals surface area contributed by atoms with Crippen LogP contribution in [0.25, 0.3) is 0 Å². The van der Waals surface area contributed by atoms with E-state index in [1.54, 1.807) is 18.2 Å². The van der Waals surface area contributed by atoms with Crippen LogP contribution in [0.4, 0.5) is 19.3 Å². The van der Waals surface area contributed by atoms with E-state index in [2.05, 4.69) is 0 Å². The molecule has 4 rings (SSSR count). The molecule has 3 aromatic rings. The van der Waals surface area contributed by atoms with Crippen LogP contribution in [0.5, 0.6) is 11.5 Å². The number of phenolic OH excluding ortho intramolecular Hbond substituents is 1. The highest BCUT2D eigenvalue weighted by Crippen LogP contribution is 2.39. The Morgan fingerprint density at radius 1 is 1.00 bits per heavy atom. The third-order valence-corrected chi connectivity index (χ3v) is 4.99. The van der Waals surface area contributed by atoms with Gasteiger partial charge in [-0.1, -0.05) is 24.3 Å². The van der Waals surface area contributed by atoms with Crippen molar-refractivity contribution < 1.29 is 33.3 Å². The molecule has 1 aliphatic heterocycles. The number of nitrogens with zero attached hydrogens (tertiary/aromatic N) is 1. The lowest BCUT2D eigenvalue weighted by atomic mass is 9.96. The molecule has 160 valence electrons. The number of benzene rings is 3. The molecule has 0 bridgehead atoms. The van der Waals surface area contributed by atoms with Crippen molar-refractivity contribution in [1.82, 2.24) is 0 Å². The molecule has 3 unspecified atom stereocenters. The van der Waals surface area contributed by atoms with E-state index in [1.165, 1.54) is 59.5 Å². The van der Waals surface area contributed by atoms with E-state index in [1.807, 2.05) is 0 Å². The van der Waals surface area contributed by atoms with Crippen molar-refractivity contribution in [2.24, 2.45) is 0 Å². The van der Waals surface area contributed by atoms with E-state index in [0.29, 0.717) is 11.3 Å². The number of phenols is 1. The molecule has 1 amide bonds. The lowest BCUT2D eigenvalue weighted by Crippen LogP contribution is -2.38. The molecule has 2 N–H and O–H groups in total. The number of amides is 1. The van der Waals surface area contributed by atoms with E-state index in [9.17, 15) is 23.8 Å². The third kappa shape index (κ3) is 4.29. The van der Waals surface area contributed by atoms with Gasteiger partial charge in [0.15, 0.2) is 17.7 Å². The molecule has 0 saturated carbocycles. The van der Waals surface area contributed by atoms with Crippen LogP contribution in [0.3, 0.4) is 0 Å². The Morgan fingerprint density at radius 3 is 2.35 bits per heavy atom. The second kappa shape index (κ2) is 8.61. The van der Waals surface area contributed by atoms with Gasteiger partial charge in [-0.15, -0.1) is 0 Å². The van der Waals surface area contributed by atoms with Crippen LogP contribution >= 0.6 is 0 Å². The number of para-hydroxylation sites is 1. The number of aromatic hydroxyl groups is 1. The fraction of sp³-hybridized carbons (Fsp3) is 0.174. The van der Waals surface area contributed by atoms with Gasteiger partial charge in [0.2, 0.25) is 0 Å².